The molecule has 140 valence electrons. The minimum atomic E-state index is -3.61. The van der Waals surface area contributed by atoms with Crippen LogP contribution in [0, 0.1) is 0 Å². The van der Waals surface area contributed by atoms with E-state index in [2.05, 4.69) is 21.2 Å². The summed E-state index contributed by atoms with van der Waals surface area (Å²) < 4.78 is 32.9. The van der Waals surface area contributed by atoms with Crippen LogP contribution in [-0.4, -0.2) is 38.8 Å². The summed E-state index contributed by atoms with van der Waals surface area (Å²) in [6.07, 6.45) is 1.72. The molecule has 0 bridgehead atoms. The number of hydrogen-bond acceptors (Lipinski definition) is 5. The van der Waals surface area contributed by atoms with Crippen LogP contribution in [0.15, 0.2) is 39.0 Å². The lowest BCUT2D eigenvalue weighted by molar-refractivity contribution is 0.0952. The van der Waals surface area contributed by atoms with Crippen molar-refractivity contribution in [3.8, 4) is 5.75 Å². The summed E-state index contributed by atoms with van der Waals surface area (Å²) >= 11 is 4.55. The van der Waals surface area contributed by atoms with Crippen molar-refractivity contribution < 1.29 is 17.9 Å². The van der Waals surface area contributed by atoms with E-state index in [4.69, 9.17) is 4.74 Å². The second kappa shape index (κ2) is 8.08. The zero-order valence-corrected chi connectivity index (χ0v) is 17.4. The van der Waals surface area contributed by atoms with E-state index in [1.165, 1.54) is 10.4 Å². The molecule has 9 heteroatoms. The molecule has 26 heavy (non-hydrogen) atoms. The topological polar surface area (TPSA) is 75.7 Å². The van der Waals surface area contributed by atoms with Gasteiger partial charge in [0.1, 0.15) is 15.5 Å². The number of benzene rings is 1. The standard InChI is InChI=1S/C17H19BrN2O4S2/c1-24-14-5-4-12(10-13(14)18)11-19-17(21)16-15(6-9-25-16)26(22,23)20-7-2-3-8-20/h4-6,9-10H,2-3,7-8,11H2,1H3,(H,19,21). The molecule has 0 unspecified atom stereocenters. The minimum Gasteiger partial charge on any atom is -0.496 e. The number of hydrogen-bond donors (Lipinski definition) is 1. The molecule has 0 radical (unpaired) electrons. The average Bonchev–Trinajstić information content (AvgIpc) is 3.31. The normalized spacial score (nSPS) is 15.2. The fourth-order valence-corrected chi connectivity index (χ4v) is 6.24. The molecular weight excluding hydrogens is 440 g/mol. The van der Waals surface area contributed by atoms with Crippen LogP contribution in [0.4, 0.5) is 0 Å². The molecule has 0 atom stereocenters. The first-order valence-corrected chi connectivity index (χ1v) is 11.2. The Labute approximate surface area is 165 Å². The van der Waals surface area contributed by atoms with Gasteiger partial charge in [0, 0.05) is 19.6 Å². The molecule has 2 aromatic rings. The third-order valence-corrected chi connectivity index (χ3v) is 7.79. The largest absolute Gasteiger partial charge is 0.496 e. The van der Waals surface area contributed by atoms with Gasteiger partial charge in [0.25, 0.3) is 5.91 Å². The van der Waals surface area contributed by atoms with E-state index in [0.717, 1.165) is 34.2 Å². The number of rotatable bonds is 6. The zero-order chi connectivity index (χ0) is 18.7. The van der Waals surface area contributed by atoms with Gasteiger partial charge in [-0.2, -0.15) is 4.31 Å². The number of nitrogens with one attached hydrogen (secondary N) is 1. The fraction of sp³-hybridized carbons (Fsp3) is 0.353. The molecule has 1 aliphatic rings. The SMILES string of the molecule is COc1ccc(CNC(=O)c2sccc2S(=O)(=O)N2CCCC2)cc1Br. The summed E-state index contributed by atoms with van der Waals surface area (Å²) in [6.45, 7) is 1.32. The van der Waals surface area contributed by atoms with Crippen molar-refractivity contribution in [3.05, 3.63) is 44.6 Å². The number of carbonyl (C=O) groups excluding carboxylic acids is 1. The third-order valence-electron chi connectivity index (χ3n) is 4.19. The number of amides is 1. The maximum absolute atomic E-state index is 12.7. The average molecular weight is 459 g/mol. The van der Waals surface area contributed by atoms with Crippen molar-refractivity contribution in [1.82, 2.24) is 9.62 Å². The first-order valence-electron chi connectivity index (χ1n) is 8.11. The molecule has 0 spiro atoms. The summed E-state index contributed by atoms with van der Waals surface area (Å²) in [5, 5.41) is 4.44. The lowest BCUT2D eigenvalue weighted by atomic mass is 10.2. The molecule has 2 heterocycles. The fourth-order valence-electron chi connectivity index (χ4n) is 2.82. The van der Waals surface area contributed by atoms with Gasteiger partial charge in [-0.25, -0.2) is 8.42 Å². The lowest BCUT2D eigenvalue weighted by Gasteiger charge is -2.15. The van der Waals surface area contributed by atoms with Gasteiger partial charge in [0.05, 0.1) is 11.6 Å². The molecule has 3 rings (SSSR count). The van der Waals surface area contributed by atoms with Crippen molar-refractivity contribution in [2.45, 2.75) is 24.3 Å². The van der Waals surface area contributed by atoms with E-state index in [9.17, 15) is 13.2 Å². The van der Waals surface area contributed by atoms with Crippen LogP contribution in [0.5, 0.6) is 5.75 Å². The molecule has 1 saturated heterocycles. The first-order chi connectivity index (χ1) is 12.4. The quantitative estimate of drug-likeness (QED) is 0.720. The Balaban J connectivity index is 1.73. The molecule has 1 amide bonds. The van der Waals surface area contributed by atoms with Crippen molar-refractivity contribution >= 4 is 43.2 Å². The zero-order valence-electron chi connectivity index (χ0n) is 14.2. The van der Waals surface area contributed by atoms with E-state index in [1.807, 2.05) is 12.1 Å². The van der Waals surface area contributed by atoms with Gasteiger partial charge >= 0.3 is 0 Å². The Morgan fingerprint density at radius 2 is 2.04 bits per heavy atom. The first kappa shape index (κ1) is 19.3. The Kier molecular flexibility index (Phi) is 6.01. The predicted octanol–water partition coefficient (Wildman–Crippen LogP) is 3.23. The van der Waals surface area contributed by atoms with Gasteiger partial charge in [0.2, 0.25) is 10.0 Å². The molecule has 1 N–H and O–H groups in total. The maximum Gasteiger partial charge on any atom is 0.263 e. The van der Waals surface area contributed by atoms with Crippen LogP contribution in [-0.2, 0) is 16.6 Å². The Morgan fingerprint density at radius 1 is 1.31 bits per heavy atom. The molecule has 0 aliphatic carbocycles. The second-order valence-electron chi connectivity index (χ2n) is 5.88. The number of nitrogens with zero attached hydrogens (tertiary/aromatic N) is 1. The molecular formula is C17H19BrN2O4S2. The molecule has 1 aromatic carbocycles. The van der Waals surface area contributed by atoms with E-state index < -0.39 is 10.0 Å². The summed E-state index contributed by atoms with van der Waals surface area (Å²) in [7, 11) is -2.03. The smallest absolute Gasteiger partial charge is 0.263 e. The van der Waals surface area contributed by atoms with Crippen LogP contribution < -0.4 is 10.1 Å². The highest BCUT2D eigenvalue weighted by Gasteiger charge is 2.31. The van der Waals surface area contributed by atoms with Gasteiger partial charge in [-0.3, -0.25) is 4.79 Å². The van der Waals surface area contributed by atoms with E-state index >= 15 is 0 Å². The van der Waals surface area contributed by atoms with E-state index in [0.29, 0.717) is 25.4 Å². The van der Waals surface area contributed by atoms with Crippen LogP contribution in [0.25, 0.3) is 0 Å². The highest BCUT2D eigenvalue weighted by Crippen LogP contribution is 2.28. The van der Waals surface area contributed by atoms with Crippen LogP contribution in [0.3, 0.4) is 0 Å². The Morgan fingerprint density at radius 3 is 2.69 bits per heavy atom. The van der Waals surface area contributed by atoms with Crippen molar-refractivity contribution in [2.75, 3.05) is 20.2 Å². The van der Waals surface area contributed by atoms with Crippen LogP contribution in [0.1, 0.15) is 28.1 Å². The van der Waals surface area contributed by atoms with Gasteiger partial charge in [-0.15, -0.1) is 11.3 Å². The lowest BCUT2D eigenvalue weighted by Crippen LogP contribution is -2.30. The second-order valence-corrected chi connectivity index (χ2v) is 9.55. The van der Waals surface area contributed by atoms with Crippen molar-refractivity contribution in [2.24, 2.45) is 0 Å². The maximum atomic E-state index is 12.7. The molecule has 6 nitrogen and oxygen atoms in total. The number of thiophene rings is 1. The van der Waals surface area contributed by atoms with Crippen LogP contribution in [0.2, 0.25) is 0 Å². The number of methoxy groups -OCH3 is 1. The molecule has 1 aliphatic heterocycles. The van der Waals surface area contributed by atoms with Crippen molar-refractivity contribution in [3.63, 3.8) is 0 Å². The van der Waals surface area contributed by atoms with E-state index in [-0.39, 0.29) is 15.7 Å². The number of halogens is 1. The van der Waals surface area contributed by atoms with Crippen molar-refractivity contribution in [1.29, 1.82) is 0 Å². The third kappa shape index (κ3) is 3.95. The minimum absolute atomic E-state index is 0.0952. The summed E-state index contributed by atoms with van der Waals surface area (Å²) in [5.74, 6) is 0.321. The number of sulfonamides is 1. The van der Waals surface area contributed by atoms with Gasteiger partial charge < -0.3 is 10.1 Å². The predicted molar refractivity (Wildman–Crippen MR) is 104 cm³/mol. The molecule has 1 aromatic heterocycles. The monoisotopic (exact) mass is 458 g/mol. The molecule has 1 fully saturated rings. The van der Waals surface area contributed by atoms with Gasteiger partial charge in [0.15, 0.2) is 0 Å². The van der Waals surface area contributed by atoms with E-state index in [1.54, 1.807) is 18.6 Å². The van der Waals surface area contributed by atoms with Gasteiger partial charge in [-0.05, 0) is 57.9 Å². The number of ether oxygens (including phenoxy) is 1. The Bertz CT molecular complexity index is 905. The van der Waals surface area contributed by atoms with Crippen LogP contribution >= 0.6 is 27.3 Å². The Hall–Kier alpha value is -1.42. The molecule has 0 saturated carbocycles. The van der Waals surface area contributed by atoms with Gasteiger partial charge in [-0.1, -0.05) is 6.07 Å². The summed E-state index contributed by atoms with van der Waals surface area (Å²) in [6, 6.07) is 7.02. The number of carbonyl (C=O) groups is 1. The summed E-state index contributed by atoms with van der Waals surface area (Å²) in [4.78, 5) is 12.9. The highest BCUT2D eigenvalue weighted by atomic mass is 79.9. The highest BCUT2D eigenvalue weighted by molar-refractivity contribution is 9.10. The summed E-state index contributed by atoms with van der Waals surface area (Å²) in [5.41, 5.74) is 0.881.